The molecule has 0 bridgehead atoms. The summed E-state index contributed by atoms with van der Waals surface area (Å²) in [6.07, 6.45) is 0. The third kappa shape index (κ3) is 5.18. The second-order valence-electron chi connectivity index (χ2n) is 8.29. The Labute approximate surface area is 193 Å². The first-order valence-electron chi connectivity index (χ1n) is 10.8. The van der Waals surface area contributed by atoms with Crippen LogP contribution in [0.2, 0.25) is 0 Å². The van der Waals surface area contributed by atoms with E-state index in [-0.39, 0.29) is 5.91 Å². The van der Waals surface area contributed by atoms with E-state index < -0.39 is 11.9 Å². The zero-order valence-electron chi connectivity index (χ0n) is 19.0. The Kier molecular flexibility index (Phi) is 6.66. The summed E-state index contributed by atoms with van der Waals surface area (Å²) in [5.41, 5.74) is 5.82. The zero-order chi connectivity index (χ0) is 23.4. The van der Waals surface area contributed by atoms with Gasteiger partial charge < -0.3 is 10.1 Å². The van der Waals surface area contributed by atoms with Gasteiger partial charge in [0.05, 0.1) is 18.4 Å². The van der Waals surface area contributed by atoms with Gasteiger partial charge in [-0.15, -0.1) is 0 Å². The fraction of sp³-hybridized carbons (Fsp3) is 0.222. The molecule has 0 radical (unpaired) electrons. The van der Waals surface area contributed by atoms with Gasteiger partial charge in [-0.05, 0) is 54.9 Å². The number of hydrogen-bond acceptors (Lipinski definition) is 5. The number of anilines is 1. The summed E-state index contributed by atoms with van der Waals surface area (Å²) in [4.78, 5) is 31.4. The molecule has 1 aliphatic rings. The highest BCUT2D eigenvalue weighted by Gasteiger charge is 2.33. The van der Waals surface area contributed by atoms with Crippen molar-refractivity contribution in [2.24, 2.45) is 4.99 Å². The summed E-state index contributed by atoms with van der Waals surface area (Å²) in [6.45, 7) is 3.57. The second-order valence-corrected chi connectivity index (χ2v) is 8.29. The van der Waals surface area contributed by atoms with Crippen molar-refractivity contribution in [3.05, 3.63) is 95.1 Å². The number of nitrogens with one attached hydrogen (secondary N) is 1. The maximum absolute atomic E-state index is 12.6. The molecule has 1 aliphatic heterocycles. The predicted octanol–water partition coefficient (Wildman–Crippen LogP) is 4.93. The first kappa shape index (κ1) is 22.4. The molecular formula is C27H27N3O3. The maximum Gasteiger partial charge on any atom is 0.337 e. The molecule has 1 unspecified atom stereocenters. The summed E-state index contributed by atoms with van der Waals surface area (Å²) < 4.78 is 4.76. The van der Waals surface area contributed by atoms with Gasteiger partial charge in [0.15, 0.2) is 0 Å². The van der Waals surface area contributed by atoms with E-state index in [1.54, 1.807) is 18.2 Å². The first-order valence-corrected chi connectivity index (χ1v) is 10.8. The van der Waals surface area contributed by atoms with E-state index >= 15 is 0 Å². The minimum atomic E-state index is -0.483. The molecule has 0 aromatic heterocycles. The summed E-state index contributed by atoms with van der Waals surface area (Å²) in [5, 5.41) is 2.85. The third-order valence-electron chi connectivity index (χ3n) is 5.71. The molecule has 4 rings (SSSR count). The van der Waals surface area contributed by atoms with Crippen molar-refractivity contribution in [2.45, 2.75) is 25.9 Å². The molecule has 168 valence electrons. The zero-order valence-corrected chi connectivity index (χ0v) is 19.0. The number of carbonyl (C=O) groups is 2. The number of rotatable bonds is 7. The van der Waals surface area contributed by atoms with Crippen LogP contribution in [0.5, 0.6) is 0 Å². The molecular weight excluding hydrogens is 414 g/mol. The number of methoxy groups -OCH3 is 1. The number of ether oxygens (including phenoxy) is 1. The quantitative estimate of drug-likeness (QED) is 0.417. The molecule has 6 nitrogen and oxygen atoms in total. The van der Waals surface area contributed by atoms with Crippen LogP contribution in [0.25, 0.3) is 0 Å². The molecule has 3 aromatic carbocycles. The van der Waals surface area contributed by atoms with Crippen LogP contribution in [-0.4, -0.2) is 36.6 Å². The van der Waals surface area contributed by atoms with Crippen LogP contribution in [0.15, 0.2) is 77.8 Å². The monoisotopic (exact) mass is 441 g/mol. The molecule has 0 saturated heterocycles. The van der Waals surface area contributed by atoms with Gasteiger partial charge in [0.2, 0.25) is 5.91 Å². The number of aliphatic imine (C=N–C) groups is 1. The van der Waals surface area contributed by atoms with Crippen molar-refractivity contribution >= 4 is 29.0 Å². The van der Waals surface area contributed by atoms with Gasteiger partial charge in [-0.2, -0.15) is 0 Å². The van der Waals surface area contributed by atoms with Gasteiger partial charge in [-0.1, -0.05) is 48.5 Å². The molecule has 0 aliphatic carbocycles. The summed E-state index contributed by atoms with van der Waals surface area (Å²) >= 11 is 0. The molecule has 0 saturated carbocycles. The molecule has 33 heavy (non-hydrogen) atoms. The minimum Gasteiger partial charge on any atom is -0.465 e. The van der Waals surface area contributed by atoms with Crippen LogP contribution < -0.4 is 5.32 Å². The van der Waals surface area contributed by atoms with Gasteiger partial charge >= 0.3 is 5.97 Å². The summed E-state index contributed by atoms with van der Waals surface area (Å²) in [7, 11) is 3.44. The predicted molar refractivity (Wildman–Crippen MR) is 130 cm³/mol. The van der Waals surface area contributed by atoms with Crippen LogP contribution in [0, 0.1) is 0 Å². The molecule has 0 spiro atoms. The number of carbonyl (C=O) groups excluding carboxylic acids is 2. The Morgan fingerprint density at radius 1 is 1.00 bits per heavy atom. The highest BCUT2D eigenvalue weighted by Crippen LogP contribution is 2.35. The lowest BCUT2D eigenvalue weighted by atomic mass is 9.95. The summed E-state index contributed by atoms with van der Waals surface area (Å²) in [6, 6.07) is 23.6. The van der Waals surface area contributed by atoms with Crippen molar-refractivity contribution in [3.8, 4) is 0 Å². The van der Waals surface area contributed by atoms with Crippen LogP contribution in [0.3, 0.4) is 0 Å². The average molecular weight is 442 g/mol. The van der Waals surface area contributed by atoms with Gasteiger partial charge in [0.25, 0.3) is 0 Å². The number of esters is 1. The highest BCUT2D eigenvalue weighted by atomic mass is 16.5. The van der Waals surface area contributed by atoms with E-state index in [1.165, 1.54) is 18.2 Å². The number of fused-ring (bicyclic) bond motifs is 1. The largest absolute Gasteiger partial charge is 0.465 e. The van der Waals surface area contributed by atoms with Crippen LogP contribution in [0.4, 0.5) is 11.4 Å². The number of amides is 1. The van der Waals surface area contributed by atoms with Gasteiger partial charge in [-0.25, -0.2) is 4.79 Å². The van der Waals surface area contributed by atoms with Gasteiger partial charge in [0, 0.05) is 24.5 Å². The molecule has 6 heteroatoms. The average Bonchev–Trinajstić information content (AvgIpc) is 3.15. The molecule has 0 fully saturated rings. The molecule has 1 atom stereocenters. The molecule has 1 heterocycles. The molecule has 1 amide bonds. The van der Waals surface area contributed by atoms with E-state index in [2.05, 4.69) is 53.7 Å². The van der Waals surface area contributed by atoms with Crippen molar-refractivity contribution in [1.82, 2.24) is 4.90 Å². The van der Waals surface area contributed by atoms with Crippen LogP contribution in [0.1, 0.15) is 39.9 Å². The van der Waals surface area contributed by atoms with Gasteiger partial charge in [0.1, 0.15) is 5.92 Å². The van der Waals surface area contributed by atoms with Crippen molar-refractivity contribution < 1.29 is 14.3 Å². The Morgan fingerprint density at radius 2 is 1.67 bits per heavy atom. The van der Waals surface area contributed by atoms with Crippen molar-refractivity contribution in [1.29, 1.82) is 0 Å². The lowest BCUT2D eigenvalue weighted by Gasteiger charge is -2.17. The number of hydrogen-bond donors (Lipinski definition) is 1. The van der Waals surface area contributed by atoms with Crippen molar-refractivity contribution in [3.63, 3.8) is 0 Å². The van der Waals surface area contributed by atoms with E-state index in [1.807, 2.05) is 25.1 Å². The van der Waals surface area contributed by atoms with E-state index in [9.17, 15) is 9.59 Å². The Hall–Kier alpha value is -3.77. The third-order valence-corrected chi connectivity index (χ3v) is 5.71. The van der Waals surface area contributed by atoms with Gasteiger partial charge in [-0.3, -0.25) is 14.7 Å². The van der Waals surface area contributed by atoms with E-state index in [0.717, 1.165) is 24.3 Å². The molecule has 3 aromatic rings. The Balaban J connectivity index is 1.45. The van der Waals surface area contributed by atoms with Crippen molar-refractivity contribution in [2.75, 3.05) is 19.5 Å². The first-order chi connectivity index (χ1) is 15.9. The van der Waals surface area contributed by atoms with E-state index in [0.29, 0.717) is 17.0 Å². The lowest BCUT2D eigenvalue weighted by molar-refractivity contribution is -0.115. The smallest absolute Gasteiger partial charge is 0.337 e. The Bertz CT molecular complexity index is 1190. The standard InChI is InChI=1S/C27H27N3O3/c1-18(25-23-14-11-21(27(32)33-3)15-24(23)29-26(25)31)28-22-12-9-20(10-13-22)17-30(2)16-19-7-5-4-6-8-19/h4-15,25H,16-17H2,1-3H3,(H,29,31). The lowest BCUT2D eigenvalue weighted by Crippen LogP contribution is -2.18. The summed E-state index contributed by atoms with van der Waals surface area (Å²) in [5.74, 6) is -1.06. The SMILES string of the molecule is COC(=O)c1ccc2c(c1)NC(=O)C2C(C)=Nc1ccc(CN(C)Cc2ccccc2)cc1. The number of nitrogens with zero attached hydrogens (tertiary/aromatic N) is 2. The molecule has 1 N–H and O–H groups in total. The highest BCUT2D eigenvalue weighted by molar-refractivity contribution is 6.18. The Morgan fingerprint density at radius 3 is 2.33 bits per heavy atom. The fourth-order valence-corrected chi connectivity index (χ4v) is 4.13. The van der Waals surface area contributed by atoms with Crippen LogP contribution >= 0.6 is 0 Å². The maximum atomic E-state index is 12.6. The van der Waals surface area contributed by atoms with E-state index in [4.69, 9.17) is 9.73 Å². The number of benzene rings is 3. The second kappa shape index (κ2) is 9.79. The van der Waals surface area contributed by atoms with Crippen LogP contribution in [-0.2, 0) is 22.6 Å². The normalized spacial score (nSPS) is 15.3. The topological polar surface area (TPSA) is 71.0 Å². The fourth-order valence-electron chi connectivity index (χ4n) is 4.13. The minimum absolute atomic E-state index is 0.146.